The van der Waals surface area contributed by atoms with Gasteiger partial charge in [-0.3, -0.25) is 4.40 Å². The minimum absolute atomic E-state index is 0.0785. The molecule has 0 bridgehead atoms. The highest BCUT2D eigenvalue weighted by molar-refractivity contribution is 7.15. The maximum absolute atomic E-state index is 10.3. The summed E-state index contributed by atoms with van der Waals surface area (Å²) in [5, 5.41) is 12.2. The van der Waals surface area contributed by atoms with Crippen LogP contribution >= 0.6 is 11.3 Å². The molecule has 0 saturated heterocycles. The van der Waals surface area contributed by atoms with Crippen LogP contribution in [0, 0.1) is 0 Å². The Morgan fingerprint density at radius 3 is 3.27 bits per heavy atom. The van der Waals surface area contributed by atoms with Crippen molar-refractivity contribution in [1.29, 1.82) is 0 Å². The van der Waals surface area contributed by atoms with Gasteiger partial charge in [-0.2, -0.15) is 0 Å². The zero-order chi connectivity index (χ0) is 7.68. The van der Waals surface area contributed by atoms with Crippen LogP contribution < -0.4 is 0 Å². The van der Waals surface area contributed by atoms with Crippen molar-refractivity contribution in [3.8, 4) is 0 Å². The zero-order valence-electron chi connectivity index (χ0n) is 5.86. The van der Waals surface area contributed by atoms with Gasteiger partial charge in [0.1, 0.15) is 0 Å². The Kier molecular flexibility index (Phi) is 1.63. The molecule has 0 N–H and O–H groups in total. The first-order chi connectivity index (χ1) is 5.40. The van der Waals surface area contributed by atoms with Gasteiger partial charge in [0.05, 0.1) is 12.3 Å². The second kappa shape index (κ2) is 2.64. The van der Waals surface area contributed by atoms with Crippen LogP contribution in [0.15, 0.2) is 17.8 Å². The summed E-state index contributed by atoms with van der Waals surface area (Å²) in [6, 6.07) is 0. The maximum Gasteiger partial charge on any atom is 0.193 e. The Hall–Kier alpha value is -0.870. The molecule has 2 rings (SSSR count). The van der Waals surface area contributed by atoms with Crippen molar-refractivity contribution < 1.29 is 5.11 Å². The molecule has 2 aromatic heterocycles. The van der Waals surface area contributed by atoms with Crippen LogP contribution in [0.25, 0.3) is 4.96 Å². The van der Waals surface area contributed by atoms with E-state index in [1.54, 1.807) is 11.3 Å². The van der Waals surface area contributed by atoms with Gasteiger partial charge in [-0.1, -0.05) is 0 Å². The minimum atomic E-state index is -0.0785. The summed E-state index contributed by atoms with van der Waals surface area (Å²) in [6.07, 6.45) is 4.39. The molecule has 0 aliphatic rings. The summed E-state index contributed by atoms with van der Waals surface area (Å²) in [7, 11) is 0. The van der Waals surface area contributed by atoms with Crippen molar-refractivity contribution in [3.05, 3.63) is 23.5 Å². The number of hydrogen-bond acceptors (Lipinski definition) is 2. The van der Waals surface area contributed by atoms with Crippen molar-refractivity contribution in [3.63, 3.8) is 0 Å². The fraction of sp³-hybridized carbons (Fsp3) is 0.286. The lowest BCUT2D eigenvalue weighted by Gasteiger charge is -1.83. The summed E-state index contributed by atoms with van der Waals surface area (Å²) in [6.45, 7) is -0.0785. The van der Waals surface area contributed by atoms with Crippen molar-refractivity contribution in [2.24, 2.45) is 0 Å². The SMILES string of the molecule is [O]CCc1cn2ccsc2n1. The van der Waals surface area contributed by atoms with Gasteiger partial charge in [0.2, 0.25) is 0 Å². The predicted octanol–water partition coefficient (Wildman–Crippen LogP) is 1.37. The van der Waals surface area contributed by atoms with Crippen LogP contribution in [0.2, 0.25) is 0 Å². The summed E-state index contributed by atoms with van der Waals surface area (Å²) in [4.78, 5) is 5.21. The van der Waals surface area contributed by atoms with E-state index in [0.29, 0.717) is 6.42 Å². The van der Waals surface area contributed by atoms with Gasteiger partial charge in [-0.25, -0.2) is 10.1 Å². The van der Waals surface area contributed by atoms with Crippen molar-refractivity contribution in [2.45, 2.75) is 6.42 Å². The summed E-state index contributed by atoms with van der Waals surface area (Å²) in [5.41, 5.74) is 0.895. The first-order valence-electron chi connectivity index (χ1n) is 3.39. The molecular weight excluding hydrogens is 160 g/mol. The third-order valence-corrected chi connectivity index (χ3v) is 2.27. The van der Waals surface area contributed by atoms with Gasteiger partial charge >= 0.3 is 0 Å². The highest BCUT2D eigenvalue weighted by Crippen LogP contribution is 2.11. The smallest absolute Gasteiger partial charge is 0.193 e. The Morgan fingerprint density at radius 2 is 2.55 bits per heavy atom. The second-order valence-corrected chi connectivity index (χ2v) is 3.15. The number of thiazole rings is 1. The molecular formula is C7H7N2OS. The molecule has 0 aliphatic heterocycles. The van der Waals surface area contributed by atoms with Crippen LogP contribution in [-0.4, -0.2) is 16.0 Å². The highest BCUT2D eigenvalue weighted by atomic mass is 32.1. The molecule has 0 atom stereocenters. The third-order valence-electron chi connectivity index (χ3n) is 1.50. The maximum atomic E-state index is 10.3. The number of imidazole rings is 1. The molecule has 11 heavy (non-hydrogen) atoms. The van der Waals surface area contributed by atoms with Crippen LogP contribution in [0.4, 0.5) is 0 Å². The first-order valence-corrected chi connectivity index (χ1v) is 4.27. The fourth-order valence-electron chi connectivity index (χ4n) is 1.00. The molecule has 4 heteroatoms. The van der Waals surface area contributed by atoms with E-state index < -0.39 is 0 Å². The topological polar surface area (TPSA) is 37.2 Å². The Morgan fingerprint density at radius 1 is 1.64 bits per heavy atom. The lowest BCUT2D eigenvalue weighted by Crippen LogP contribution is -1.87. The number of fused-ring (bicyclic) bond motifs is 1. The van der Waals surface area contributed by atoms with E-state index in [-0.39, 0.29) is 6.61 Å². The van der Waals surface area contributed by atoms with Gasteiger partial charge in [0.15, 0.2) is 4.96 Å². The monoisotopic (exact) mass is 167 g/mol. The van der Waals surface area contributed by atoms with E-state index >= 15 is 0 Å². The number of aromatic nitrogens is 2. The van der Waals surface area contributed by atoms with Gasteiger partial charge in [-0.15, -0.1) is 11.3 Å². The van der Waals surface area contributed by atoms with Crippen LogP contribution in [0.1, 0.15) is 5.69 Å². The van der Waals surface area contributed by atoms with Crippen molar-refractivity contribution >= 4 is 16.3 Å². The fourth-order valence-corrected chi connectivity index (χ4v) is 1.72. The average Bonchev–Trinajstić information content (AvgIpc) is 2.46. The van der Waals surface area contributed by atoms with Crippen LogP contribution in [0.3, 0.4) is 0 Å². The quantitative estimate of drug-likeness (QED) is 0.665. The predicted molar refractivity (Wildman–Crippen MR) is 42.3 cm³/mol. The molecule has 1 radical (unpaired) electrons. The lowest BCUT2D eigenvalue weighted by atomic mass is 10.4. The molecule has 2 heterocycles. The Bertz CT molecular complexity index is 323. The Labute approximate surface area is 67.9 Å². The van der Waals surface area contributed by atoms with Gasteiger partial charge in [0.25, 0.3) is 0 Å². The van der Waals surface area contributed by atoms with Crippen LogP contribution in [0.5, 0.6) is 0 Å². The molecule has 2 aromatic rings. The molecule has 0 amide bonds. The third kappa shape index (κ3) is 1.15. The van der Waals surface area contributed by atoms with Crippen molar-refractivity contribution in [1.82, 2.24) is 9.38 Å². The van der Waals surface area contributed by atoms with Crippen LogP contribution in [-0.2, 0) is 11.5 Å². The summed E-state index contributed by atoms with van der Waals surface area (Å²) >= 11 is 1.58. The van der Waals surface area contributed by atoms with E-state index in [0.717, 1.165) is 10.7 Å². The van der Waals surface area contributed by atoms with Gasteiger partial charge in [-0.05, 0) is 0 Å². The summed E-state index contributed by atoms with van der Waals surface area (Å²) < 4.78 is 1.94. The van der Waals surface area contributed by atoms with E-state index in [9.17, 15) is 5.11 Å². The molecule has 0 unspecified atom stereocenters. The number of rotatable bonds is 2. The Balaban J connectivity index is 2.42. The van der Waals surface area contributed by atoms with E-state index in [4.69, 9.17) is 0 Å². The number of nitrogens with zero attached hydrogens (tertiary/aromatic N) is 2. The highest BCUT2D eigenvalue weighted by Gasteiger charge is 2.00. The number of hydrogen-bond donors (Lipinski definition) is 0. The standard InChI is InChI=1S/C7H7N2OS/c10-3-1-6-5-9-2-4-11-7(9)8-6/h2,4-5H,1,3H2. The average molecular weight is 167 g/mol. The molecule has 0 spiro atoms. The van der Waals surface area contributed by atoms with E-state index in [2.05, 4.69) is 4.98 Å². The van der Waals surface area contributed by atoms with Crippen molar-refractivity contribution in [2.75, 3.05) is 6.61 Å². The largest absolute Gasteiger partial charge is 0.297 e. The molecule has 57 valence electrons. The van der Waals surface area contributed by atoms with Gasteiger partial charge in [0, 0.05) is 24.2 Å². The van der Waals surface area contributed by atoms with E-state index in [1.165, 1.54) is 0 Å². The molecule has 0 fully saturated rings. The van der Waals surface area contributed by atoms with Gasteiger partial charge < -0.3 is 0 Å². The normalized spacial score (nSPS) is 11.0. The first kappa shape index (κ1) is 6.82. The van der Waals surface area contributed by atoms with E-state index in [1.807, 2.05) is 22.2 Å². The molecule has 0 saturated carbocycles. The molecule has 3 nitrogen and oxygen atoms in total. The second-order valence-electron chi connectivity index (χ2n) is 2.28. The summed E-state index contributed by atoms with van der Waals surface area (Å²) in [5.74, 6) is 0. The minimum Gasteiger partial charge on any atom is -0.297 e. The molecule has 0 aromatic carbocycles. The zero-order valence-corrected chi connectivity index (χ0v) is 6.67. The lowest BCUT2D eigenvalue weighted by molar-refractivity contribution is 0.196. The molecule has 0 aliphatic carbocycles.